The Hall–Kier alpha value is -2.09. The number of hydrogen-bond acceptors (Lipinski definition) is 4. The second-order valence-electron chi connectivity index (χ2n) is 9.71. The Bertz CT molecular complexity index is 762. The molecule has 0 bridgehead atoms. The van der Waals surface area contributed by atoms with E-state index in [9.17, 15) is 4.79 Å². The fourth-order valence-corrected chi connectivity index (χ4v) is 5.45. The highest BCUT2D eigenvalue weighted by Gasteiger charge is 2.29. The number of amides is 1. The van der Waals surface area contributed by atoms with Crippen molar-refractivity contribution < 1.29 is 4.79 Å². The van der Waals surface area contributed by atoms with Gasteiger partial charge in [0.05, 0.1) is 12.7 Å². The maximum atomic E-state index is 12.6. The molecule has 8 nitrogen and oxygen atoms in total. The summed E-state index contributed by atoms with van der Waals surface area (Å²) in [6, 6.07) is 0. The molecule has 8 heteroatoms. The summed E-state index contributed by atoms with van der Waals surface area (Å²) in [5.74, 6) is 2.42. The molecule has 0 radical (unpaired) electrons. The fraction of sp³-hybridized carbons (Fsp3) is 0.792. The number of aromatic nitrogens is 2. The van der Waals surface area contributed by atoms with Crippen LogP contribution in [0.4, 0.5) is 0 Å². The van der Waals surface area contributed by atoms with Crippen LogP contribution in [-0.4, -0.2) is 95.2 Å². The highest BCUT2D eigenvalue weighted by molar-refractivity contribution is 5.80. The van der Waals surface area contributed by atoms with Gasteiger partial charge in [-0.25, -0.2) is 0 Å². The van der Waals surface area contributed by atoms with Crippen molar-refractivity contribution in [2.75, 3.05) is 58.9 Å². The molecular weight excluding hydrogens is 402 g/mol. The second-order valence-corrected chi connectivity index (χ2v) is 9.71. The molecule has 32 heavy (non-hydrogen) atoms. The second kappa shape index (κ2) is 11.2. The standard InChI is InChI=1S/C24H41N7O/c1-3-25-24(31-10-8-20(19-31)16-21-17-27-28(2)18-21)26-9-11-29-12-14-30(15-13-29)23(32)22-6-4-5-7-22/h17-18,20,22H,3-16,19H2,1-2H3,(H,25,26). The highest BCUT2D eigenvalue weighted by Crippen LogP contribution is 2.27. The third-order valence-corrected chi connectivity index (χ3v) is 7.27. The number of nitrogens with one attached hydrogen (secondary N) is 1. The van der Waals surface area contributed by atoms with Crippen molar-refractivity contribution in [1.82, 2.24) is 29.8 Å². The summed E-state index contributed by atoms with van der Waals surface area (Å²) in [4.78, 5) is 24.6. The molecule has 1 aromatic rings. The Balaban J connectivity index is 1.20. The minimum atomic E-state index is 0.302. The van der Waals surface area contributed by atoms with Crippen LogP contribution in [0.15, 0.2) is 17.4 Å². The van der Waals surface area contributed by atoms with Gasteiger partial charge >= 0.3 is 0 Å². The lowest BCUT2D eigenvalue weighted by atomic mass is 10.0. The Kier molecular flexibility index (Phi) is 8.05. The van der Waals surface area contributed by atoms with E-state index in [0.29, 0.717) is 17.7 Å². The maximum Gasteiger partial charge on any atom is 0.225 e. The van der Waals surface area contributed by atoms with Gasteiger partial charge in [0.15, 0.2) is 5.96 Å². The lowest BCUT2D eigenvalue weighted by molar-refractivity contribution is -0.137. The fourth-order valence-electron chi connectivity index (χ4n) is 5.45. The van der Waals surface area contributed by atoms with Crippen LogP contribution in [0.1, 0.15) is 44.6 Å². The summed E-state index contributed by atoms with van der Waals surface area (Å²) in [6.45, 7) is 10.6. The van der Waals surface area contributed by atoms with Crippen molar-refractivity contribution in [3.63, 3.8) is 0 Å². The molecule has 178 valence electrons. The molecule has 1 amide bonds. The third kappa shape index (κ3) is 6.03. The molecule has 1 unspecified atom stereocenters. The summed E-state index contributed by atoms with van der Waals surface area (Å²) >= 11 is 0. The number of nitrogens with zero attached hydrogens (tertiary/aromatic N) is 6. The molecule has 1 aromatic heterocycles. The number of aryl methyl sites for hydroxylation is 1. The van der Waals surface area contributed by atoms with E-state index in [1.807, 2.05) is 17.9 Å². The molecular formula is C24H41N7O. The van der Waals surface area contributed by atoms with E-state index in [0.717, 1.165) is 84.1 Å². The smallest absolute Gasteiger partial charge is 0.225 e. The van der Waals surface area contributed by atoms with Gasteiger partial charge in [-0.05, 0) is 44.1 Å². The lowest BCUT2D eigenvalue weighted by Crippen LogP contribution is -2.50. The Morgan fingerprint density at radius 3 is 2.59 bits per heavy atom. The SMILES string of the molecule is CCNC(=NCCN1CCN(C(=O)C2CCCC2)CC1)N1CCC(Cc2cnn(C)c2)C1. The van der Waals surface area contributed by atoms with Crippen molar-refractivity contribution in [2.24, 2.45) is 23.9 Å². The van der Waals surface area contributed by atoms with Gasteiger partial charge in [0.1, 0.15) is 0 Å². The summed E-state index contributed by atoms with van der Waals surface area (Å²) < 4.78 is 1.89. The largest absolute Gasteiger partial charge is 0.357 e. The number of carbonyl (C=O) groups excluding carboxylic acids is 1. The van der Waals surface area contributed by atoms with Gasteiger partial charge < -0.3 is 15.1 Å². The van der Waals surface area contributed by atoms with Gasteiger partial charge in [0.2, 0.25) is 5.91 Å². The zero-order valence-corrected chi connectivity index (χ0v) is 20.0. The Morgan fingerprint density at radius 2 is 1.91 bits per heavy atom. The van der Waals surface area contributed by atoms with E-state index < -0.39 is 0 Å². The first-order valence-corrected chi connectivity index (χ1v) is 12.6. The number of hydrogen-bond donors (Lipinski definition) is 1. The van der Waals surface area contributed by atoms with Crippen LogP contribution in [0.5, 0.6) is 0 Å². The molecule has 0 aromatic carbocycles. The molecule has 1 aliphatic carbocycles. The number of carbonyl (C=O) groups is 1. The van der Waals surface area contributed by atoms with Gasteiger partial charge in [-0.1, -0.05) is 12.8 Å². The van der Waals surface area contributed by atoms with Crippen LogP contribution in [0.25, 0.3) is 0 Å². The number of guanidine groups is 1. The molecule has 4 rings (SSSR count). The topological polar surface area (TPSA) is 69.0 Å². The van der Waals surface area contributed by atoms with Crippen molar-refractivity contribution in [1.29, 1.82) is 0 Å². The van der Waals surface area contributed by atoms with Gasteiger partial charge in [-0.2, -0.15) is 5.10 Å². The predicted octanol–water partition coefficient (Wildman–Crippen LogP) is 1.58. The number of likely N-dealkylation sites (tertiary alicyclic amines) is 1. The molecule has 2 saturated heterocycles. The van der Waals surface area contributed by atoms with E-state index >= 15 is 0 Å². The van der Waals surface area contributed by atoms with Crippen LogP contribution in [0.2, 0.25) is 0 Å². The van der Waals surface area contributed by atoms with Crippen molar-refractivity contribution >= 4 is 11.9 Å². The summed E-state index contributed by atoms with van der Waals surface area (Å²) in [7, 11) is 1.98. The average molecular weight is 444 g/mol. The molecule has 3 aliphatic rings. The predicted molar refractivity (Wildman–Crippen MR) is 128 cm³/mol. The molecule has 2 aliphatic heterocycles. The summed E-state index contributed by atoms with van der Waals surface area (Å²) in [6.07, 6.45) is 11.1. The minimum absolute atomic E-state index is 0.302. The van der Waals surface area contributed by atoms with Gasteiger partial charge in [0.25, 0.3) is 0 Å². The average Bonchev–Trinajstić information content (AvgIpc) is 3.56. The maximum absolute atomic E-state index is 12.6. The first-order chi connectivity index (χ1) is 15.6. The number of aliphatic imine (C=N–C) groups is 1. The minimum Gasteiger partial charge on any atom is -0.357 e. The van der Waals surface area contributed by atoms with E-state index in [1.54, 1.807) is 0 Å². The molecule has 0 spiro atoms. The van der Waals surface area contributed by atoms with Crippen molar-refractivity contribution in [2.45, 2.75) is 45.4 Å². The zero-order chi connectivity index (χ0) is 22.3. The van der Waals surface area contributed by atoms with Gasteiger partial charge in [-0.15, -0.1) is 0 Å². The first-order valence-electron chi connectivity index (χ1n) is 12.6. The third-order valence-electron chi connectivity index (χ3n) is 7.27. The van der Waals surface area contributed by atoms with Crippen LogP contribution in [-0.2, 0) is 18.3 Å². The quantitative estimate of drug-likeness (QED) is 0.512. The summed E-state index contributed by atoms with van der Waals surface area (Å²) in [5, 5.41) is 7.79. The van der Waals surface area contributed by atoms with E-state index in [-0.39, 0.29) is 0 Å². The van der Waals surface area contributed by atoms with Crippen LogP contribution in [0, 0.1) is 11.8 Å². The Morgan fingerprint density at radius 1 is 1.12 bits per heavy atom. The van der Waals surface area contributed by atoms with Gasteiger partial charge in [-0.3, -0.25) is 19.4 Å². The summed E-state index contributed by atoms with van der Waals surface area (Å²) in [5.41, 5.74) is 1.33. The van der Waals surface area contributed by atoms with Crippen molar-refractivity contribution in [3.05, 3.63) is 18.0 Å². The van der Waals surface area contributed by atoms with E-state index in [2.05, 4.69) is 38.2 Å². The van der Waals surface area contributed by atoms with E-state index in [4.69, 9.17) is 4.99 Å². The van der Waals surface area contributed by atoms with Gasteiger partial charge in [0, 0.05) is 71.5 Å². The number of rotatable bonds is 7. The highest BCUT2D eigenvalue weighted by atomic mass is 16.2. The molecule has 1 saturated carbocycles. The van der Waals surface area contributed by atoms with E-state index in [1.165, 1.54) is 24.8 Å². The lowest BCUT2D eigenvalue weighted by Gasteiger charge is -2.35. The van der Waals surface area contributed by atoms with Crippen LogP contribution in [0.3, 0.4) is 0 Å². The van der Waals surface area contributed by atoms with Crippen LogP contribution < -0.4 is 5.32 Å². The zero-order valence-electron chi connectivity index (χ0n) is 20.0. The first kappa shape index (κ1) is 23.1. The molecule has 3 fully saturated rings. The Labute approximate surface area is 193 Å². The number of piperazine rings is 1. The molecule has 3 heterocycles. The monoisotopic (exact) mass is 443 g/mol. The van der Waals surface area contributed by atoms with Crippen LogP contribution >= 0.6 is 0 Å². The molecule has 1 N–H and O–H groups in total. The molecule has 1 atom stereocenters. The normalized spacial score (nSPS) is 23.3. The van der Waals surface area contributed by atoms with Crippen molar-refractivity contribution in [3.8, 4) is 0 Å².